The predicted octanol–water partition coefficient (Wildman–Crippen LogP) is 2.72. The fraction of sp³-hybridized carbons (Fsp3) is 0.435. The molecule has 0 N–H and O–H groups in total. The van der Waals surface area contributed by atoms with Crippen molar-refractivity contribution in [1.82, 2.24) is 24.1 Å². The van der Waals surface area contributed by atoms with Crippen LogP contribution in [-0.2, 0) is 10.0 Å². The van der Waals surface area contributed by atoms with Gasteiger partial charge >= 0.3 is 0 Å². The highest BCUT2D eigenvalue weighted by Gasteiger charge is 2.31. The van der Waals surface area contributed by atoms with Gasteiger partial charge in [0.25, 0.3) is 0 Å². The van der Waals surface area contributed by atoms with E-state index in [9.17, 15) is 8.42 Å². The number of anilines is 1. The first-order valence-electron chi connectivity index (χ1n) is 10.9. The number of benzene rings is 1. The lowest BCUT2D eigenvalue weighted by Crippen LogP contribution is -2.49. The van der Waals surface area contributed by atoms with Crippen molar-refractivity contribution < 1.29 is 13.2 Å². The van der Waals surface area contributed by atoms with Crippen molar-refractivity contribution in [1.29, 1.82) is 0 Å². The molecular weight excluding hydrogens is 440 g/mol. The van der Waals surface area contributed by atoms with Gasteiger partial charge in [-0.15, -0.1) is 0 Å². The summed E-state index contributed by atoms with van der Waals surface area (Å²) in [5.74, 6) is 2.82. The van der Waals surface area contributed by atoms with Gasteiger partial charge in [-0.25, -0.2) is 23.1 Å². The van der Waals surface area contributed by atoms with Gasteiger partial charge in [0, 0.05) is 37.9 Å². The molecule has 1 aliphatic heterocycles. The van der Waals surface area contributed by atoms with Crippen molar-refractivity contribution >= 4 is 15.8 Å². The molecule has 0 spiro atoms. The number of piperazine rings is 1. The molecule has 2 aromatic heterocycles. The summed E-state index contributed by atoms with van der Waals surface area (Å²) in [6.07, 6.45) is 0. The fourth-order valence-corrected chi connectivity index (χ4v) is 5.94. The third-order valence-corrected chi connectivity index (χ3v) is 7.95. The second kappa shape index (κ2) is 8.75. The smallest absolute Gasteiger partial charge is 0.243 e. The lowest BCUT2D eigenvalue weighted by molar-refractivity contribution is 0.383. The Morgan fingerprint density at radius 1 is 0.848 bits per heavy atom. The molecule has 1 aliphatic rings. The zero-order valence-electron chi connectivity index (χ0n) is 20.0. The number of aromatic nitrogens is 4. The molecule has 0 atom stereocenters. The summed E-state index contributed by atoms with van der Waals surface area (Å²) < 4.78 is 35.4. The largest absolute Gasteiger partial charge is 0.496 e. The van der Waals surface area contributed by atoms with Crippen LogP contribution < -0.4 is 9.64 Å². The molecule has 1 aromatic carbocycles. The van der Waals surface area contributed by atoms with E-state index < -0.39 is 10.0 Å². The summed E-state index contributed by atoms with van der Waals surface area (Å²) in [6, 6.07) is 7.39. The maximum atomic E-state index is 13.4. The Labute approximate surface area is 195 Å². The maximum Gasteiger partial charge on any atom is 0.243 e. The second-order valence-electron chi connectivity index (χ2n) is 8.45. The van der Waals surface area contributed by atoms with Crippen LogP contribution in [0.3, 0.4) is 0 Å². The quantitative estimate of drug-likeness (QED) is 0.566. The number of hydrogen-bond donors (Lipinski definition) is 0. The van der Waals surface area contributed by atoms with E-state index in [4.69, 9.17) is 4.74 Å². The molecule has 0 aliphatic carbocycles. The first-order chi connectivity index (χ1) is 15.6. The first-order valence-corrected chi connectivity index (χ1v) is 12.3. The number of methoxy groups -OCH3 is 1. The molecule has 3 heterocycles. The molecule has 0 saturated carbocycles. The Bertz CT molecular complexity index is 1290. The van der Waals surface area contributed by atoms with Gasteiger partial charge < -0.3 is 9.64 Å². The Morgan fingerprint density at radius 3 is 2.12 bits per heavy atom. The monoisotopic (exact) mass is 470 g/mol. The molecule has 9 nitrogen and oxygen atoms in total. The highest BCUT2D eigenvalue weighted by atomic mass is 32.2. The number of sulfonamides is 1. The zero-order valence-corrected chi connectivity index (χ0v) is 20.8. The van der Waals surface area contributed by atoms with Crippen LogP contribution in [-0.4, -0.2) is 65.8 Å². The Hall–Kier alpha value is -2.98. The molecule has 0 bridgehead atoms. The predicted molar refractivity (Wildman–Crippen MR) is 127 cm³/mol. The molecule has 1 fully saturated rings. The van der Waals surface area contributed by atoms with E-state index in [1.807, 2.05) is 44.5 Å². The number of rotatable bonds is 5. The zero-order chi connectivity index (χ0) is 23.9. The SMILES string of the molecule is COc1cc(C)c(S(=O)(=O)N2CCN(c3cc(-n4nc(C)cc4C)nc(C)n3)CC2)cc1C. The lowest BCUT2D eigenvalue weighted by atomic mass is 10.1. The fourth-order valence-electron chi connectivity index (χ4n) is 4.23. The third-order valence-electron chi connectivity index (χ3n) is 5.91. The van der Waals surface area contributed by atoms with Gasteiger partial charge in [-0.2, -0.15) is 9.40 Å². The summed E-state index contributed by atoms with van der Waals surface area (Å²) >= 11 is 0. The normalized spacial score (nSPS) is 15.2. The van der Waals surface area contributed by atoms with Crippen molar-refractivity contribution in [2.75, 3.05) is 38.2 Å². The Morgan fingerprint density at radius 2 is 1.52 bits per heavy atom. The summed E-state index contributed by atoms with van der Waals surface area (Å²) in [6.45, 7) is 11.3. The van der Waals surface area contributed by atoms with Crippen molar-refractivity contribution in [3.8, 4) is 11.6 Å². The van der Waals surface area contributed by atoms with Crippen molar-refractivity contribution in [3.05, 3.63) is 52.6 Å². The maximum absolute atomic E-state index is 13.4. The van der Waals surface area contributed by atoms with Gasteiger partial charge in [0.15, 0.2) is 5.82 Å². The van der Waals surface area contributed by atoms with Gasteiger partial charge in [-0.05, 0) is 63.9 Å². The van der Waals surface area contributed by atoms with Crippen LogP contribution in [0.1, 0.15) is 28.3 Å². The van der Waals surface area contributed by atoms with E-state index in [2.05, 4.69) is 20.0 Å². The topological polar surface area (TPSA) is 93.5 Å². The van der Waals surface area contributed by atoms with Gasteiger partial charge in [0.2, 0.25) is 10.0 Å². The standard InChI is InChI=1S/C23H30N6O3S/c1-15-12-21(16(2)11-20(15)32-6)33(30,31)28-9-7-27(8-10-28)22-14-23(25-19(5)24-22)29-18(4)13-17(3)26-29/h11-14H,7-10H2,1-6H3. The van der Waals surface area contributed by atoms with E-state index in [1.165, 1.54) is 0 Å². The van der Waals surface area contributed by atoms with E-state index in [0.717, 1.165) is 22.8 Å². The van der Waals surface area contributed by atoms with Gasteiger partial charge in [-0.1, -0.05) is 0 Å². The van der Waals surface area contributed by atoms with Gasteiger partial charge in [0.1, 0.15) is 17.4 Å². The number of hydrogen-bond acceptors (Lipinski definition) is 7. The van der Waals surface area contributed by atoms with Crippen LogP contribution in [0.2, 0.25) is 0 Å². The van der Waals surface area contributed by atoms with Crippen LogP contribution in [0.4, 0.5) is 5.82 Å². The minimum atomic E-state index is -3.60. The van der Waals surface area contributed by atoms with Crippen LogP contribution in [0.15, 0.2) is 29.2 Å². The van der Waals surface area contributed by atoms with Gasteiger partial charge in [0.05, 0.1) is 17.7 Å². The Kier molecular flexibility index (Phi) is 6.15. The van der Waals surface area contributed by atoms with Crippen LogP contribution in [0, 0.1) is 34.6 Å². The molecule has 10 heteroatoms. The van der Waals surface area contributed by atoms with E-state index >= 15 is 0 Å². The highest BCUT2D eigenvalue weighted by molar-refractivity contribution is 7.89. The van der Waals surface area contributed by atoms with Crippen LogP contribution in [0.25, 0.3) is 5.82 Å². The van der Waals surface area contributed by atoms with Crippen LogP contribution >= 0.6 is 0 Å². The van der Waals surface area contributed by atoms with Crippen molar-refractivity contribution in [2.45, 2.75) is 39.5 Å². The van der Waals surface area contributed by atoms with E-state index in [1.54, 1.807) is 30.5 Å². The molecule has 3 aromatic rings. The molecule has 0 radical (unpaired) electrons. The highest BCUT2D eigenvalue weighted by Crippen LogP contribution is 2.29. The second-order valence-corrected chi connectivity index (χ2v) is 10.4. The van der Waals surface area contributed by atoms with Gasteiger partial charge in [-0.3, -0.25) is 0 Å². The van der Waals surface area contributed by atoms with Crippen molar-refractivity contribution in [3.63, 3.8) is 0 Å². The first kappa shape index (κ1) is 23.2. The van der Waals surface area contributed by atoms with Crippen molar-refractivity contribution in [2.24, 2.45) is 0 Å². The molecular formula is C23H30N6O3S. The molecule has 1 saturated heterocycles. The summed E-state index contributed by atoms with van der Waals surface area (Å²) in [7, 11) is -2.02. The van der Waals surface area contributed by atoms with E-state index in [0.29, 0.717) is 54.0 Å². The number of ether oxygens (including phenoxy) is 1. The Balaban J connectivity index is 1.55. The molecule has 33 heavy (non-hydrogen) atoms. The minimum absolute atomic E-state index is 0.332. The number of aryl methyl sites for hydroxylation is 5. The molecule has 0 unspecified atom stereocenters. The molecule has 0 amide bonds. The molecule has 176 valence electrons. The van der Waals surface area contributed by atoms with Crippen LogP contribution in [0.5, 0.6) is 5.75 Å². The number of nitrogens with zero attached hydrogens (tertiary/aromatic N) is 6. The third kappa shape index (κ3) is 4.45. The summed E-state index contributed by atoms with van der Waals surface area (Å²) in [4.78, 5) is 11.6. The summed E-state index contributed by atoms with van der Waals surface area (Å²) in [5.41, 5.74) is 3.40. The average Bonchev–Trinajstić information content (AvgIpc) is 3.12. The lowest BCUT2D eigenvalue weighted by Gasteiger charge is -2.35. The minimum Gasteiger partial charge on any atom is -0.496 e. The molecule has 4 rings (SSSR count). The summed E-state index contributed by atoms with van der Waals surface area (Å²) in [5, 5.41) is 4.52. The average molecular weight is 471 g/mol. The van der Waals surface area contributed by atoms with E-state index in [-0.39, 0.29) is 0 Å².